The first-order valence-electron chi connectivity index (χ1n) is 0. The van der Waals surface area contributed by atoms with Gasteiger partial charge < -0.3 is 11.2 Å². The molecule has 20 valence electrons. The van der Waals surface area contributed by atoms with Crippen molar-refractivity contribution in [1.29, 1.82) is 0 Å². The van der Waals surface area contributed by atoms with Crippen LogP contribution in [0.2, 0.25) is 0 Å². The van der Waals surface area contributed by atoms with E-state index in [-0.39, 0.29) is 88.5 Å². The minimum Gasteiger partial charge on any atom is -1.00 e. The van der Waals surface area contributed by atoms with Crippen molar-refractivity contribution in [2.75, 3.05) is 0 Å². The second-order valence-electron chi connectivity index (χ2n) is 0. The first-order valence-corrected chi connectivity index (χ1v) is 0. The van der Waals surface area contributed by atoms with Crippen LogP contribution < -0.4 is 0 Å². The first-order chi connectivity index (χ1) is 0. The van der Waals surface area contributed by atoms with Gasteiger partial charge in [0, 0.05) is 21.7 Å². The predicted molar refractivity (Wildman–Crippen MR) is 19.6 cm³/mol. The molecule has 0 radical (unpaired) electrons. The quantitative estimate of drug-likeness (QED) is 0.408. The number of hydrogen-bond donors (Lipinski definition) is 0. The summed E-state index contributed by atoms with van der Waals surface area (Å²) >= 11 is 0. The van der Waals surface area contributed by atoms with Gasteiger partial charge in [-0.3, -0.25) is 0 Å². The Morgan fingerprint density at radius 3 is 1.25 bits per heavy atom. The zero-order valence-corrected chi connectivity index (χ0v) is 7.45. The Hall–Kier alpha value is 2.32. The third-order valence-corrected chi connectivity index (χ3v) is 0. The molecule has 0 aliphatic carbocycles. The molecule has 0 bridgehead atoms. The minimum absolute atomic E-state index is 0. The molecule has 4 heteroatoms. The van der Waals surface area contributed by atoms with Gasteiger partial charge in [0.05, 0.1) is 0 Å². The summed E-state index contributed by atoms with van der Waals surface area (Å²) in [6.07, 6.45) is 0. The van der Waals surface area contributed by atoms with Crippen LogP contribution in [0.15, 0.2) is 0 Å². The summed E-state index contributed by atoms with van der Waals surface area (Å²) in [6.45, 7) is 0. The summed E-state index contributed by atoms with van der Waals surface area (Å²) in [5.74, 6) is 0. The Labute approximate surface area is 87.1 Å². The van der Waals surface area contributed by atoms with Crippen LogP contribution in [0.25, 0.3) is 0 Å². The molecule has 0 fully saturated rings. The molecule has 0 unspecified atom stereocenters. The van der Waals surface area contributed by atoms with E-state index in [4.69, 9.17) is 0 Å². The molecule has 0 saturated heterocycles. The van der Waals surface area contributed by atoms with Crippen molar-refractivity contribution >= 4 is 55.6 Å². The van der Waals surface area contributed by atoms with E-state index in [1.165, 1.54) is 0 Å². The van der Waals surface area contributed by atoms with Crippen molar-refractivity contribution in [3.8, 4) is 0 Å². The van der Waals surface area contributed by atoms with Gasteiger partial charge in [0.1, 0.15) is 0 Å². The van der Waals surface area contributed by atoms with E-state index in [1.807, 2.05) is 0 Å². The standard InChI is InChI=1S/Be.H2O.Sr.Ti.4H/h;1H2;;;;;;/q+2;;+2;;4*-1. The molecule has 0 aliphatic heterocycles. The van der Waals surface area contributed by atoms with Crippen LogP contribution in [0.5, 0.6) is 0 Å². The monoisotopic (exact) mass is 167 g/mol. The fraction of sp³-hybridized carbons (Fsp3) is 0. The molecule has 0 aliphatic rings. The molecule has 0 amide bonds. The van der Waals surface area contributed by atoms with Crippen LogP contribution in [0.1, 0.15) is 5.71 Å². The number of hydrogen-bond acceptors (Lipinski definition) is 0. The van der Waals surface area contributed by atoms with Crippen molar-refractivity contribution in [3.63, 3.8) is 0 Å². The topological polar surface area (TPSA) is 31.5 Å². The average Bonchev–Trinajstić information content (AvgIpc) is 0. The SMILES string of the molecule is O.[Be+2].[H-].[H-].[H-].[H-].[Sr+2].[Ti]. The first kappa shape index (κ1) is 33.2. The summed E-state index contributed by atoms with van der Waals surface area (Å²) in [5.41, 5.74) is 0. The molecule has 0 saturated carbocycles. The Balaban J connectivity index is 0. The zero-order valence-electron chi connectivity index (χ0n) is 6.41. The molecular weight excluding hydrogens is 160 g/mol. The normalized spacial score (nSPS) is 0. The molecule has 0 spiro atoms. The van der Waals surface area contributed by atoms with Crippen molar-refractivity contribution < 1.29 is 32.9 Å². The second-order valence-corrected chi connectivity index (χ2v) is 0. The Morgan fingerprint density at radius 1 is 1.25 bits per heavy atom. The zero-order chi connectivity index (χ0) is 0. The Bertz CT molecular complexity index is 16.0. The molecule has 0 aromatic carbocycles. The molecule has 2 N–H and O–H groups in total. The number of rotatable bonds is 0. The van der Waals surface area contributed by atoms with Gasteiger partial charge in [0.25, 0.3) is 0 Å². The maximum atomic E-state index is 0. The Morgan fingerprint density at radius 2 is 1.25 bits per heavy atom. The third kappa shape index (κ3) is 8.85. The van der Waals surface area contributed by atoms with Crippen LogP contribution in [0.4, 0.5) is 0 Å². The van der Waals surface area contributed by atoms with Gasteiger partial charge in [-0.05, 0) is 0 Å². The largest absolute Gasteiger partial charge is 2.00 e. The molecule has 0 aromatic heterocycles. The molecule has 0 heterocycles. The van der Waals surface area contributed by atoms with Crippen LogP contribution in [-0.4, -0.2) is 61.1 Å². The molecular formula is H6BeOSrTi. The third-order valence-electron chi connectivity index (χ3n) is 0. The van der Waals surface area contributed by atoms with E-state index < -0.39 is 0 Å². The predicted octanol–water partition coefficient (Wildman–Crippen LogP) is -1.14. The fourth-order valence-electron chi connectivity index (χ4n) is 0. The van der Waals surface area contributed by atoms with Crippen molar-refractivity contribution in [3.05, 3.63) is 0 Å². The summed E-state index contributed by atoms with van der Waals surface area (Å²) in [5, 5.41) is 0. The van der Waals surface area contributed by atoms with E-state index in [0.29, 0.717) is 0 Å². The average molecular weight is 167 g/mol. The van der Waals surface area contributed by atoms with Gasteiger partial charge in [-0.2, -0.15) is 0 Å². The van der Waals surface area contributed by atoms with E-state index in [1.54, 1.807) is 0 Å². The van der Waals surface area contributed by atoms with Gasteiger partial charge >= 0.3 is 55.6 Å². The second kappa shape index (κ2) is 18.4. The van der Waals surface area contributed by atoms with E-state index >= 15 is 0 Å². The van der Waals surface area contributed by atoms with Gasteiger partial charge in [0.15, 0.2) is 0 Å². The van der Waals surface area contributed by atoms with E-state index in [9.17, 15) is 0 Å². The van der Waals surface area contributed by atoms with E-state index in [2.05, 4.69) is 0 Å². The molecule has 4 heavy (non-hydrogen) atoms. The van der Waals surface area contributed by atoms with Gasteiger partial charge in [-0.1, -0.05) is 0 Å². The molecule has 0 aromatic rings. The summed E-state index contributed by atoms with van der Waals surface area (Å²) in [6, 6.07) is 0. The van der Waals surface area contributed by atoms with Crippen molar-refractivity contribution in [2.45, 2.75) is 0 Å². The Kier molecular flexibility index (Phi) is 153. The van der Waals surface area contributed by atoms with Gasteiger partial charge in [0.2, 0.25) is 0 Å². The van der Waals surface area contributed by atoms with Crippen molar-refractivity contribution in [2.24, 2.45) is 0 Å². The van der Waals surface area contributed by atoms with Crippen LogP contribution in [0, 0.1) is 0 Å². The minimum atomic E-state index is 0. The van der Waals surface area contributed by atoms with Crippen LogP contribution >= 0.6 is 0 Å². The smallest absolute Gasteiger partial charge is 1.00 e. The maximum absolute atomic E-state index is 0. The van der Waals surface area contributed by atoms with Gasteiger partial charge in [-0.15, -0.1) is 0 Å². The fourth-order valence-corrected chi connectivity index (χ4v) is 0. The summed E-state index contributed by atoms with van der Waals surface area (Å²) in [7, 11) is 0. The molecule has 0 atom stereocenters. The molecule has 1 nitrogen and oxygen atoms in total. The van der Waals surface area contributed by atoms with Gasteiger partial charge in [-0.25, -0.2) is 0 Å². The van der Waals surface area contributed by atoms with Crippen LogP contribution in [0.3, 0.4) is 0 Å². The summed E-state index contributed by atoms with van der Waals surface area (Å²) in [4.78, 5) is 0. The van der Waals surface area contributed by atoms with E-state index in [0.717, 1.165) is 0 Å². The van der Waals surface area contributed by atoms with Crippen molar-refractivity contribution in [1.82, 2.24) is 0 Å². The molecule has 0 rings (SSSR count). The maximum Gasteiger partial charge on any atom is 2.00 e. The summed E-state index contributed by atoms with van der Waals surface area (Å²) < 4.78 is 0. The van der Waals surface area contributed by atoms with Crippen LogP contribution in [-0.2, 0) is 21.7 Å².